The van der Waals surface area contributed by atoms with Gasteiger partial charge in [-0.1, -0.05) is 6.07 Å². The Hall–Kier alpha value is -1.58. The second-order valence-corrected chi connectivity index (χ2v) is 6.87. The number of aliphatic hydroxyl groups excluding tert-OH is 1. The van der Waals surface area contributed by atoms with Crippen LogP contribution >= 0.6 is 0 Å². The molecule has 1 aromatic rings. The molecule has 0 saturated carbocycles. The van der Waals surface area contributed by atoms with Gasteiger partial charge in [0.25, 0.3) is 0 Å². The van der Waals surface area contributed by atoms with Crippen LogP contribution in [0.2, 0.25) is 0 Å². The lowest BCUT2D eigenvalue weighted by atomic mass is 10.0. The SMILES string of the molecule is C[C@@H](O)c1ccc(C#N)cc1N(C)CCS(C)(=O)=O. The summed E-state index contributed by atoms with van der Waals surface area (Å²) >= 11 is 0. The molecule has 1 rings (SSSR count). The van der Waals surface area contributed by atoms with Gasteiger partial charge >= 0.3 is 0 Å². The first-order valence-electron chi connectivity index (χ1n) is 5.85. The number of benzene rings is 1. The Morgan fingerprint density at radius 3 is 2.58 bits per heavy atom. The molecule has 6 heteroatoms. The second kappa shape index (κ2) is 6.04. The summed E-state index contributed by atoms with van der Waals surface area (Å²) in [5.41, 5.74) is 1.83. The van der Waals surface area contributed by atoms with Gasteiger partial charge in [0.15, 0.2) is 0 Å². The Labute approximate surface area is 114 Å². The van der Waals surface area contributed by atoms with Crippen LogP contribution < -0.4 is 4.90 Å². The van der Waals surface area contributed by atoms with E-state index in [9.17, 15) is 13.5 Å². The molecule has 104 valence electrons. The van der Waals surface area contributed by atoms with E-state index in [4.69, 9.17) is 5.26 Å². The number of rotatable bonds is 5. The van der Waals surface area contributed by atoms with Crippen LogP contribution in [-0.2, 0) is 9.84 Å². The Morgan fingerprint density at radius 1 is 1.47 bits per heavy atom. The molecule has 0 spiro atoms. The monoisotopic (exact) mass is 282 g/mol. The molecule has 1 N–H and O–H groups in total. The Morgan fingerprint density at radius 2 is 2.11 bits per heavy atom. The Bertz CT molecular complexity index is 588. The largest absolute Gasteiger partial charge is 0.389 e. The Balaban J connectivity index is 3.06. The first-order chi connectivity index (χ1) is 8.74. The van der Waals surface area contributed by atoms with Crippen molar-refractivity contribution >= 4 is 15.5 Å². The summed E-state index contributed by atoms with van der Waals surface area (Å²) in [6.07, 6.45) is 0.505. The maximum absolute atomic E-state index is 11.2. The lowest BCUT2D eigenvalue weighted by Gasteiger charge is -2.23. The van der Waals surface area contributed by atoms with Gasteiger partial charge in [0, 0.05) is 31.1 Å². The molecule has 19 heavy (non-hydrogen) atoms. The van der Waals surface area contributed by atoms with Crippen molar-refractivity contribution in [2.45, 2.75) is 13.0 Å². The molecule has 1 atom stereocenters. The van der Waals surface area contributed by atoms with Crippen molar-refractivity contribution in [2.24, 2.45) is 0 Å². The molecule has 0 radical (unpaired) electrons. The number of sulfone groups is 1. The van der Waals surface area contributed by atoms with E-state index in [1.54, 1.807) is 37.1 Å². The van der Waals surface area contributed by atoms with Gasteiger partial charge in [0.05, 0.1) is 23.5 Å². The minimum Gasteiger partial charge on any atom is -0.389 e. The van der Waals surface area contributed by atoms with E-state index in [0.717, 1.165) is 0 Å². The summed E-state index contributed by atoms with van der Waals surface area (Å²) in [6, 6.07) is 7.02. The van der Waals surface area contributed by atoms with Gasteiger partial charge in [-0.15, -0.1) is 0 Å². The normalized spacial score (nSPS) is 12.8. The zero-order chi connectivity index (χ0) is 14.6. The third kappa shape index (κ3) is 4.54. The maximum atomic E-state index is 11.2. The van der Waals surface area contributed by atoms with Crippen LogP contribution in [0.15, 0.2) is 18.2 Å². The number of hydrogen-bond acceptors (Lipinski definition) is 5. The van der Waals surface area contributed by atoms with Crippen molar-refractivity contribution in [3.8, 4) is 6.07 Å². The zero-order valence-electron chi connectivity index (χ0n) is 11.3. The van der Waals surface area contributed by atoms with Crippen molar-refractivity contribution in [3.63, 3.8) is 0 Å². The van der Waals surface area contributed by atoms with Crippen LogP contribution in [0.25, 0.3) is 0 Å². The van der Waals surface area contributed by atoms with Crippen LogP contribution in [0.1, 0.15) is 24.2 Å². The molecule has 1 aromatic carbocycles. The van der Waals surface area contributed by atoms with Crippen LogP contribution in [0.3, 0.4) is 0 Å². The number of nitrogens with zero attached hydrogens (tertiary/aromatic N) is 2. The average Bonchev–Trinajstić information content (AvgIpc) is 2.34. The lowest BCUT2D eigenvalue weighted by Crippen LogP contribution is -2.26. The predicted octanol–water partition coefficient (Wildman–Crippen LogP) is 1.09. The molecular weight excluding hydrogens is 264 g/mol. The van der Waals surface area contributed by atoms with E-state index in [1.807, 2.05) is 6.07 Å². The van der Waals surface area contributed by atoms with Gasteiger partial charge in [0.2, 0.25) is 0 Å². The predicted molar refractivity (Wildman–Crippen MR) is 74.8 cm³/mol. The highest BCUT2D eigenvalue weighted by Gasteiger charge is 2.14. The molecular formula is C13H18N2O3S. The van der Waals surface area contributed by atoms with Crippen LogP contribution in [0, 0.1) is 11.3 Å². The van der Waals surface area contributed by atoms with E-state index in [-0.39, 0.29) is 5.75 Å². The minimum atomic E-state index is -3.05. The van der Waals surface area contributed by atoms with Crippen molar-refractivity contribution in [3.05, 3.63) is 29.3 Å². The number of nitriles is 1. The Kier molecular flexibility index (Phi) is 4.92. The number of hydrogen-bond donors (Lipinski definition) is 1. The van der Waals surface area contributed by atoms with Gasteiger partial charge in [-0.05, 0) is 19.1 Å². The number of aliphatic hydroxyl groups is 1. The maximum Gasteiger partial charge on any atom is 0.149 e. The van der Waals surface area contributed by atoms with Gasteiger partial charge < -0.3 is 10.0 Å². The van der Waals surface area contributed by atoms with Gasteiger partial charge in [-0.2, -0.15) is 5.26 Å². The quantitative estimate of drug-likeness (QED) is 0.874. The minimum absolute atomic E-state index is 0.0273. The van der Waals surface area contributed by atoms with Crippen LogP contribution in [0.5, 0.6) is 0 Å². The standard InChI is InChI=1S/C13H18N2O3S/c1-10(16)12-5-4-11(9-14)8-13(12)15(2)6-7-19(3,17)18/h4-5,8,10,16H,6-7H2,1-3H3/t10-/m1/s1. The van der Waals surface area contributed by atoms with Gasteiger partial charge in [-0.3, -0.25) is 0 Å². The first kappa shape index (κ1) is 15.5. The smallest absolute Gasteiger partial charge is 0.149 e. The molecule has 0 saturated heterocycles. The van der Waals surface area contributed by atoms with E-state index in [2.05, 4.69) is 0 Å². The molecule has 0 aliphatic heterocycles. The fraction of sp³-hybridized carbons (Fsp3) is 0.462. The van der Waals surface area contributed by atoms with Gasteiger partial charge in [0.1, 0.15) is 9.84 Å². The van der Waals surface area contributed by atoms with Crippen molar-refractivity contribution in [2.75, 3.05) is 30.5 Å². The zero-order valence-corrected chi connectivity index (χ0v) is 12.1. The number of anilines is 1. The highest BCUT2D eigenvalue weighted by Crippen LogP contribution is 2.26. The molecule has 0 fully saturated rings. The van der Waals surface area contributed by atoms with Crippen molar-refractivity contribution in [1.82, 2.24) is 0 Å². The summed E-state index contributed by atoms with van der Waals surface area (Å²) in [6.45, 7) is 1.95. The van der Waals surface area contributed by atoms with Crippen molar-refractivity contribution < 1.29 is 13.5 Å². The highest BCUT2D eigenvalue weighted by molar-refractivity contribution is 7.90. The van der Waals surface area contributed by atoms with E-state index < -0.39 is 15.9 Å². The molecule has 0 unspecified atom stereocenters. The third-order valence-electron chi connectivity index (χ3n) is 2.82. The molecule has 0 amide bonds. The van der Waals surface area contributed by atoms with Crippen LogP contribution in [0.4, 0.5) is 5.69 Å². The van der Waals surface area contributed by atoms with Crippen molar-refractivity contribution in [1.29, 1.82) is 5.26 Å². The summed E-state index contributed by atoms with van der Waals surface area (Å²) in [4.78, 5) is 1.74. The molecule has 0 aliphatic carbocycles. The van der Waals surface area contributed by atoms with E-state index in [0.29, 0.717) is 23.4 Å². The summed E-state index contributed by atoms with van der Waals surface area (Å²) in [7, 11) is -1.30. The molecule has 0 bridgehead atoms. The lowest BCUT2D eigenvalue weighted by molar-refractivity contribution is 0.199. The van der Waals surface area contributed by atoms with Gasteiger partial charge in [-0.25, -0.2) is 8.42 Å². The molecule has 0 heterocycles. The van der Waals surface area contributed by atoms with E-state index >= 15 is 0 Å². The summed E-state index contributed by atoms with van der Waals surface area (Å²) in [5.74, 6) is 0.0273. The molecule has 0 aromatic heterocycles. The summed E-state index contributed by atoms with van der Waals surface area (Å²) < 4.78 is 22.4. The topological polar surface area (TPSA) is 81.4 Å². The average molecular weight is 282 g/mol. The molecule has 5 nitrogen and oxygen atoms in total. The first-order valence-corrected chi connectivity index (χ1v) is 7.91. The fourth-order valence-corrected chi connectivity index (χ4v) is 2.33. The fourth-order valence-electron chi connectivity index (χ4n) is 1.72. The van der Waals surface area contributed by atoms with Crippen LogP contribution in [-0.4, -0.2) is 39.1 Å². The molecule has 0 aliphatic rings. The summed E-state index contributed by atoms with van der Waals surface area (Å²) in [5, 5.41) is 18.6. The third-order valence-corrected chi connectivity index (χ3v) is 3.74. The van der Waals surface area contributed by atoms with E-state index in [1.165, 1.54) is 6.26 Å². The highest BCUT2D eigenvalue weighted by atomic mass is 32.2. The second-order valence-electron chi connectivity index (χ2n) is 4.61.